The highest BCUT2D eigenvalue weighted by Gasteiger charge is 2.26. The molecular formula is C10H11N3O. The molecule has 0 bridgehead atoms. The van der Waals surface area contributed by atoms with Crippen LogP contribution in [0.1, 0.15) is 24.6 Å². The first-order valence-corrected chi connectivity index (χ1v) is 4.77. The smallest absolute Gasteiger partial charge is 0.215 e. The average molecular weight is 189 g/mol. The second-order valence-corrected chi connectivity index (χ2v) is 3.62. The summed E-state index contributed by atoms with van der Waals surface area (Å²) in [5, 5.41) is 0. The number of nitrogens with zero attached hydrogens (tertiary/aromatic N) is 2. The van der Waals surface area contributed by atoms with Crippen molar-refractivity contribution in [3.05, 3.63) is 18.0 Å². The third-order valence-corrected chi connectivity index (χ3v) is 2.51. The third kappa shape index (κ3) is 1.14. The van der Waals surface area contributed by atoms with E-state index in [1.54, 1.807) is 7.11 Å². The Balaban J connectivity index is 2.12. The molecule has 1 aliphatic rings. The van der Waals surface area contributed by atoms with Crippen molar-refractivity contribution in [1.82, 2.24) is 15.0 Å². The standard InChI is InChI=1S/C10H11N3O/c1-14-8-5-4-7-10(12-8)13-9(11-7)6-2-3-6/h4-6H,2-3H2,1H3,(H,11,12,13). The van der Waals surface area contributed by atoms with Crippen LogP contribution in [0.15, 0.2) is 12.1 Å². The van der Waals surface area contributed by atoms with Crippen molar-refractivity contribution in [1.29, 1.82) is 0 Å². The number of aromatic amines is 1. The lowest BCUT2D eigenvalue weighted by Crippen LogP contribution is -1.86. The van der Waals surface area contributed by atoms with E-state index in [1.165, 1.54) is 12.8 Å². The zero-order chi connectivity index (χ0) is 9.54. The van der Waals surface area contributed by atoms with Crippen LogP contribution in [0.4, 0.5) is 0 Å². The van der Waals surface area contributed by atoms with Crippen molar-refractivity contribution in [2.24, 2.45) is 0 Å². The van der Waals surface area contributed by atoms with E-state index in [4.69, 9.17) is 4.74 Å². The largest absolute Gasteiger partial charge is 0.481 e. The SMILES string of the molecule is COc1ccc2[nH]c(C3CC3)nc2n1. The molecule has 0 atom stereocenters. The topological polar surface area (TPSA) is 50.8 Å². The van der Waals surface area contributed by atoms with Gasteiger partial charge in [0.2, 0.25) is 5.88 Å². The molecule has 1 N–H and O–H groups in total. The quantitative estimate of drug-likeness (QED) is 0.784. The number of imidazole rings is 1. The molecule has 1 saturated carbocycles. The van der Waals surface area contributed by atoms with Gasteiger partial charge in [-0.1, -0.05) is 0 Å². The van der Waals surface area contributed by atoms with E-state index in [-0.39, 0.29) is 0 Å². The second-order valence-electron chi connectivity index (χ2n) is 3.62. The fraction of sp³-hybridized carbons (Fsp3) is 0.400. The van der Waals surface area contributed by atoms with Gasteiger partial charge in [0.05, 0.1) is 12.6 Å². The summed E-state index contributed by atoms with van der Waals surface area (Å²) in [5.41, 5.74) is 1.75. The van der Waals surface area contributed by atoms with Crippen LogP contribution in [0, 0.1) is 0 Å². The molecule has 0 saturated heterocycles. The summed E-state index contributed by atoms with van der Waals surface area (Å²) >= 11 is 0. The van der Waals surface area contributed by atoms with Crippen LogP contribution in [0.2, 0.25) is 0 Å². The molecule has 1 fully saturated rings. The molecule has 2 aromatic rings. The van der Waals surface area contributed by atoms with Gasteiger partial charge in [0, 0.05) is 12.0 Å². The Morgan fingerprint density at radius 3 is 2.93 bits per heavy atom. The molecule has 0 radical (unpaired) electrons. The van der Waals surface area contributed by atoms with Crippen LogP contribution in [0.5, 0.6) is 5.88 Å². The van der Waals surface area contributed by atoms with Gasteiger partial charge < -0.3 is 9.72 Å². The van der Waals surface area contributed by atoms with Gasteiger partial charge in [-0.25, -0.2) is 4.98 Å². The summed E-state index contributed by atoms with van der Waals surface area (Å²) in [5.74, 6) is 2.32. The van der Waals surface area contributed by atoms with Crippen LogP contribution in [-0.4, -0.2) is 22.1 Å². The van der Waals surface area contributed by atoms with E-state index in [0.29, 0.717) is 11.8 Å². The van der Waals surface area contributed by atoms with Crippen molar-refractivity contribution < 1.29 is 4.74 Å². The molecule has 0 amide bonds. The van der Waals surface area contributed by atoms with E-state index >= 15 is 0 Å². The predicted molar refractivity (Wildman–Crippen MR) is 52.4 cm³/mol. The van der Waals surface area contributed by atoms with Crippen LogP contribution in [0.3, 0.4) is 0 Å². The predicted octanol–water partition coefficient (Wildman–Crippen LogP) is 1.84. The van der Waals surface area contributed by atoms with Crippen LogP contribution in [0.25, 0.3) is 11.2 Å². The van der Waals surface area contributed by atoms with Gasteiger partial charge in [-0.05, 0) is 18.9 Å². The Morgan fingerprint density at radius 2 is 2.21 bits per heavy atom. The van der Waals surface area contributed by atoms with Crippen LogP contribution in [-0.2, 0) is 0 Å². The number of rotatable bonds is 2. The number of methoxy groups -OCH3 is 1. The van der Waals surface area contributed by atoms with E-state index in [9.17, 15) is 0 Å². The maximum absolute atomic E-state index is 5.04. The number of fused-ring (bicyclic) bond motifs is 1. The van der Waals surface area contributed by atoms with Crippen LogP contribution < -0.4 is 4.74 Å². The van der Waals surface area contributed by atoms with Crippen molar-refractivity contribution in [2.75, 3.05) is 7.11 Å². The molecule has 3 rings (SSSR count). The lowest BCUT2D eigenvalue weighted by molar-refractivity contribution is 0.399. The van der Waals surface area contributed by atoms with Crippen molar-refractivity contribution in [3.8, 4) is 5.88 Å². The fourth-order valence-electron chi connectivity index (χ4n) is 1.56. The van der Waals surface area contributed by atoms with Gasteiger partial charge in [0.25, 0.3) is 0 Å². The molecule has 2 heterocycles. The molecule has 2 aromatic heterocycles. The average Bonchev–Trinajstić information content (AvgIpc) is 2.97. The van der Waals surface area contributed by atoms with E-state index in [0.717, 1.165) is 17.0 Å². The maximum atomic E-state index is 5.04. The highest BCUT2D eigenvalue weighted by atomic mass is 16.5. The highest BCUT2D eigenvalue weighted by Crippen LogP contribution is 2.38. The molecule has 4 heteroatoms. The summed E-state index contributed by atoms with van der Waals surface area (Å²) in [6.45, 7) is 0. The molecular weight excluding hydrogens is 178 g/mol. The summed E-state index contributed by atoms with van der Waals surface area (Å²) in [7, 11) is 1.61. The van der Waals surface area contributed by atoms with Crippen molar-refractivity contribution in [3.63, 3.8) is 0 Å². The minimum Gasteiger partial charge on any atom is -0.481 e. The second kappa shape index (κ2) is 2.70. The molecule has 0 spiro atoms. The van der Waals surface area contributed by atoms with Gasteiger partial charge in [-0.15, -0.1) is 0 Å². The summed E-state index contributed by atoms with van der Waals surface area (Å²) in [6, 6.07) is 3.80. The Morgan fingerprint density at radius 1 is 1.36 bits per heavy atom. The number of H-pyrrole nitrogens is 1. The molecule has 0 aliphatic heterocycles. The number of hydrogen-bond acceptors (Lipinski definition) is 3. The van der Waals surface area contributed by atoms with E-state index < -0.39 is 0 Å². The van der Waals surface area contributed by atoms with Gasteiger partial charge in [-0.3, -0.25) is 0 Å². The Labute approximate surface area is 81.3 Å². The normalized spacial score (nSPS) is 16.1. The van der Waals surface area contributed by atoms with Gasteiger partial charge in [-0.2, -0.15) is 4.98 Å². The minimum atomic E-state index is 0.617. The zero-order valence-electron chi connectivity index (χ0n) is 7.95. The minimum absolute atomic E-state index is 0.617. The molecule has 1 aliphatic carbocycles. The lowest BCUT2D eigenvalue weighted by atomic mass is 10.4. The fourth-order valence-corrected chi connectivity index (χ4v) is 1.56. The summed E-state index contributed by atoms with van der Waals surface area (Å²) < 4.78 is 5.04. The summed E-state index contributed by atoms with van der Waals surface area (Å²) in [6.07, 6.45) is 2.49. The van der Waals surface area contributed by atoms with Gasteiger partial charge in [0.15, 0.2) is 5.65 Å². The molecule has 4 nitrogen and oxygen atoms in total. The highest BCUT2D eigenvalue weighted by molar-refractivity contribution is 5.71. The monoisotopic (exact) mass is 189 g/mol. The van der Waals surface area contributed by atoms with E-state index in [1.807, 2.05) is 12.1 Å². The number of pyridine rings is 1. The zero-order valence-corrected chi connectivity index (χ0v) is 7.95. The Bertz CT molecular complexity index is 473. The van der Waals surface area contributed by atoms with Crippen LogP contribution >= 0.6 is 0 Å². The molecule has 72 valence electrons. The van der Waals surface area contributed by atoms with Gasteiger partial charge in [0.1, 0.15) is 5.82 Å². The number of nitrogens with one attached hydrogen (secondary N) is 1. The number of aromatic nitrogens is 3. The summed E-state index contributed by atoms with van der Waals surface area (Å²) in [4.78, 5) is 12.0. The van der Waals surface area contributed by atoms with Crippen molar-refractivity contribution >= 4 is 11.2 Å². The molecule has 0 aromatic carbocycles. The third-order valence-electron chi connectivity index (χ3n) is 2.51. The van der Waals surface area contributed by atoms with Gasteiger partial charge >= 0.3 is 0 Å². The first-order chi connectivity index (χ1) is 6.86. The molecule has 0 unspecified atom stereocenters. The van der Waals surface area contributed by atoms with Crippen molar-refractivity contribution in [2.45, 2.75) is 18.8 Å². The number of hydrogen-bond donors (Lipinski definition) is 1. The first kappa shape index (κ1) is 7.79. The maximum Gasteiger partial charge on any atom is 0.215 e. The first-order valence-electron chi connectivity index (χ1n) is 4.77. The lowest BCUT2D eigenvalue weighted by Gasteiger charge is -1.95. The number of ether oxygens (including phenoxy) is 1. The Hall–Kier alpha value is -1.58. The molecule has 14 heavy (non-hydrogen) atoms. The van der Waals surface area contributed by atoms with E-state index in [2.05, 4.69) is 15.0 Å². The Kier molecular flexibility index (Phi) is 1.50.